The number of aromatic nitrogens is 1. The summed E-state index contributed by atoms with van der Waals surface area (Å²) in [6.45, 7) is 0.230. The van der Waals surface area contributed by atoms with Crippen molar-refractivity contribution < 1.29 is 8.42 Å². The molecule has 0 aromatic carbocycles. The van der Waals surface area contributed by atoms with Crippen molar-refractivity contribution in [3.63, 3.8) is 0 Å². The molecule has 0 aliphatic carbocycles. The fraction of sp³-hybridized carbons (Fsp3) is 0.222. The van der Waals surface area contributed by atoms with E-state index in [2.05, 4.69) is 26.3 Å². The van der Waals surface area contributed by atoms with Gasteiger partial charge in [-0.3, -0.25) is 4.72 Å². The van der Waals surface area contributed by atoms with Gasteiger partial charge in [-0.15, -0.1) is 0 Å². The molecule has 0 saturated carbocycles. The Balaban J connectivity index is 2.91. The van der Waals surface area contributed by atoms with Crippen LogP contribution in [0.5, 0.6) is 0 Å². The van der Waals surface area contributed by atoms with Crippen molar-refractivity contribution in [2.45, 2.75) is 0 Å². The maximum absolute atomic E-state index is 11.2. The van der Waals surface area contributed by atoms with Crippen LogP contribution in [-0.4, -0.2) is 27.0 Å². The molecule has 0 saturated heterocycles. The lowest BCUT2D eigenvalue weighted by Gasteiger charge is -2.04. The van der Waals surface area contributed by atoms with E-state index in [1.54, 1.807) is 12.1 Å². The molecule has 0 radical (unpaired) electrons. The molecule has 1 aromatic heterocycles. The van der Waals surface area contributed by atoms with Gasteiger partial charge in [0, 0.05) is 7.05 Å². The average molecular weight is 240 g/mol. The zero-order valence-electron chi connectivity index (χ0n) is 8.69. The summed E-state index contributed by atoms with van der Waals surface area (Å²) < 4.78 is 26.7. The number of rotatable bonds is 3. The first kappa shape index (κ1) is 12.4. The molecule has 1 rings (SSSR count). The lowest BCUT2D eigenvalue weighted by Crippen LogP contribution is -2.26. The van der Waals surface area contributed by atoms with Crippen LogP contribution in [0.1, 0.15) is 5.69 Å². The smallest absolute Gasteiger partial charge is 0.300 e. The van der Waals surface area contributed by atoms with E-state index in [1.807, 2.05) is 0 Å². The van der Waals surface area contributed by atoms with E-state index >= 15 is 0 Å². The monoisotopic (exact) mass is 240 g/mol. The summed E-state index contributed by atoms with van der Waals surface area (Å²) in [5, 5.41) is 0. The highest BCUT2D eigenvalue weighted by Crippen LogP contribution is 2.05. The molecule has 6 nitrogen and oxygen atoms in total. The van der Waals surface area contributed by atoms with E-state index in [0.717, 1.165) is 0 Å². The lowest BCUT2D eigenvalue weighted by molar-refractivity contribution is 0.593. The molecule has 1 heterocycles. The van der Waals surface area contributed by atoms with Gasteiger partial charge < -0.3 is 5.73 Å². The van der Waals surface area contributed by atoms with E-state index < -0.39 is 10.2 Å². The molecule has 0 unspecified atom stereocenters. The Hall–Kier alpha value is -1.62. The van der Waals surface area contributed by atoms with Crippen molar-refractivity contribution in [3.8, 4) is 11.8 Å². The summed E-state index contributed by atoms with van der Waals surface area (Å²) in [6.07, 6.45) is 0. The normalized spacial score (nSPS) is 10.4. The number of pyridine rings is 1. The van der Waals surface area contributed by atoms with Gasteiger partial charge in [0.1, 0.15) is 11.5 Å². The van der Waals surface area contributed by atoms with Crippen molar-refractivity contribution in [1.29, 1.82) is 0 Å². The number of anilines is 1. The molecular weight excluding hydrogens is 228 g/mol. The number of nitrogens with two attached hydrogens (primary N) is 1. The van der Waals surface area contributed by atoms with Crippen LogP contribution in [0, 0.1) is 11.8 Å². The second-order valence-electron chi connectivity index (χ2n) is 2.72. The van der Waals surface area contributed by atoms with Gasteiger partial charge in [0.25, 0.3) is 10.2 Å². The summed E-state index contributed by atoms with van der Waals surface area (Å²) >= 11 is 0. The standard InChI is InChI=1S/C9H12N4O2S/c1-11-16(14,15)13-9-6-2-4-8(12-9)5-3-7-10/h2,4,6,11H,7,10H2,1H3,(H,12,13). The van der Waals surface area contributed by atoms with Crippen LogP contribution >= 0.6 is 0 Å². The molecule has 1 aromatic rings. The van der Waals surface area contributed by atoms with E-state index in [0.29, 0.717) is 5.69 Å². The highest BCUT2D eigenvalue weighted by Gasteiger charge is 2.06. The quantitative estimate of drug-likeness (QED) is 0.607. The Labute approximate surface area is 94.4 Å². The summed E-state index contributed by atoms with van der Waals surface area (Å²) in [7, 11) is -2.24. The van der Waals surface area contributed by atoms with Crippen molar-refractivity contribution in [1.82, 2.24) is 9.71 Å². The number of nitrogens with one attached hydrogen (secondary N) is 2. The first-order valence-corrected chi connectivity index (χ1v) is 5.93. The summed E-state index contributed by atoms with van der Waals surface area (Å²) in [6, 6.07) is 4.85. The third-order valence-corrected chi connectivity index (χ3v) is 2.59. The van der Waals surface area contributed by atoms with E-state index in [-0.39, 0.29) is 12.4 Å². The number of hydrogen-bond donors (Lipinski definition) is 3. The second kappa shape index (κ2) is 5.46. The van der Waals surface area contributed by atoms with E-state index in [4.69, 9.17) is 5.73 Å². The van der Waals surface area contributed by atoms with Crippen molar-refractivity contribution in [2.75, 3.05) is 18.3 Å². The number of nitrogens with zero attached hydrogens (tertiary/aromatic N) is 1. The Kier molecular flexibility index (Phi) is 4.25. The van der Waals surface area contributed by atoms with E-state index in [9.17, 15) is 8.42 Å². The summed E-state index contributed by atoms with van der Waals surface area (Å²) in [4.78, 5) is 3.98. The van der Waals surface area contributed by atoms with Gasteiger partial charge in [-0.1, -0.05) is 12.0 Å². The predicted octanol–water partition coefficient (Wildman–Crippen LogP) is -0.732. The highest BCUT2D eigenvalue weighted by atomic mass is 32.2. The maximum Gasteiger partial charge on any atom is 0.300 e. The van der Waals surface area contributed by atoms with Gasteiger partial charge in [0.05, 0.1) is 6.54 Å². The second-order valence-corrected chi connectivity index (χ2v) is 4.34. The van der Waals surface area contributed by atoms with Crippen molar-refractivity contribution >= 4 is 16.0 Å². The Morgan fingerprint density at radius 1 is 1.50 bits per heavy atom. The Morgan fingerprint density at radius 2 is 2.25 bits per heavy atom. The van der Waals surface area contributed by atoms with Crippen molar-refractivity contribution in [3.05, 3.63) is 23.9 Å². The van der Waals surface area contributed by atoms with Crippen LogP contribution in [0.4, 0.5) is 5.82 Å². The highest BCUT2D eigenvalue weighted by molar-refractivity contribution is 7.90. The van der Waals surface area contributed by atoms with Crippen LogP contribution in [0.15, 0.2) is 18.2 Å². The van der Waals surface area contributed by atoms with Gasteiger partial charge in [-0.25, -0.2) is 9.71 Å². The minimum atomic E-state index is -3.55. The lowest BCUT2D eigenvalue weighted by atomic mass is 10.3. The van der Waals surface area contributed by atoms with E-state index in [1.165, 1.54) is 13.1 Å². The molecule has 86 valence electrons. The van der Waals surface area contributed by atoms with Crippen LogP contribution in [-0.2, 0) is 10.2 Å². The fourth-order valence-corrected chi connectivity index (χ4v) is 1.38. The maximum atomic E-state index is 11.2. The largest absolute Gasteiger partial charge is 0.320 e. The number of hydrogen-bond acceptors (Lipinski definition) is 4. The average Bonchev–Trinajstić information content (AvgIpc) is 2.26. The van der Waals surface area contributed by atoms with Crippen LogP contribution in [0.25, 0.3) is 0 Å². The Morgan fingerprint density at radius 3 is 2.88 bits per heavy atom. The van der Waals surface area contributed by atoms with Gasteiger partial charge in [0.2, 0.25) is 0 Å². The molecule has 0 aliphatic rings. The molecule has 0 atom stereocenters. The summed E-state index contributed by atoms with van der Waals surface area (Å²) in [5.74, 6) is 5.54. The topological polar surface area (TPSA) is 97.1 Å². The van der Waals surface area contributed by atoms with Crippen LogP contribution in [0.2, 0.25) is 0 Å². The molecule has 0 bridgehead atoms. The molecule has 0 fully saturated rings. The molecule has 4 N–H and O–H groups in total. The van der Waals surface area contributed by atoms with Crippen LogP contribution in [0.3, 0.4) is 0 Å². The van der Waals surface area contributed by atoms with Gasteiger partial charge in [-0.2, -0.15) is 8.42 Å². The first-order valence-electron chi connectivity index (χ1n) is 4.44. The SMILES string of the molecule is CNS(=O)(=O)Nc1cccc(C#CCN)n1. The minimum absolute atomic E-state index is 0.207. The fourth-order valence-electron chi connectivity index (χ4n) is 0.891. The first-order chi connectivity index (χ1) is 7.57. The van der Waals surface area contributed by atoms with Gasteiger partial charge in [-0.05, 0) is 18.1 Å². The summed E-state index contributed by atoms with van der Waals surface area (Å²) in [5.41, 5.74) is 5.67. The zero-order valence-corrected chi connectivity index (χ0v) is 9.50. The molecule has 16 heavy (non-hydrogen) atoms. The molecule has 0 amide bonds. The Bertz CT molecular complexity index is 516. The van der Waals surface area contributed by atoms with Crippen LogP contribution < -0.4 is 15.2 Å². The third kappa shape index (κ3) is 3.86. The predicted molar refractivity (Wildman–Crippen MR) is 61.8 cm³/mol. The molecular formula is C9H12N4O2S. The molecule has 7 heteroatoms. The zero-order chi connectivity index (χ0) is 12.0. The molecule has 0 spiro atoms. The minimum Gasteiger partial charge on any atom is -0.320 e. The molecule has 0 aliphatic heterocycles. The van der Waals surface area contributed by atoms with Gasteiger partial charge >= 0.3 is 0 Å². The van der Waals surface area contributed by atoms with Crippen molar-refractivity contribution in [2.24, 2.45) is 5.73 Å². The van der Waals surface area contributed by atoms with Gasteiger partial charge in [0.15, 0.2) is 0 Å². The third-order valence-electron chi connectivity index (χ3n) is 1.58.